The molecular weight excluding hydrogens is 501 g/mol. The summed E-state index contributed by atoms with van der Waals surface area (Å²) in [5.74, 6) is -0.125. The van der Waals surface area contributed by atoms with Gasteiger partial charge in [0.15, 0.2) is 0 Å². The topological polar surface area (TPSA) is 39.2 Å². The Balaban J connectivity index is 2.02. The molecule has 3 aromatic rings. The molecule has 3 rings (SSSR count). The third kappa shape index (κ3) is 6.34. The second-order valence-corrected chi connectivity index (χ2v) is 20.4. The molecule has 170 valence electrons. The fourth-order valence-electron chi connectivity index (χ4n) is 4.38. The van der Waals surface area contributed by atoms with Crippen LogP contribution >= 0.6 is 0 Å². The summed E-state index contributed by atoms with van der Waals surface area (Å²) in [6.07, 6.45) is 6.98. The van der Waals surface area contributed by atoms with Crippen LogP contribution in [0.1, 0.15) is 69.7 Å². The average molecular weight is 538 g/mol. The SMILES string of the molecule is CCC[CH2][Sn]([CH2]CCC)([CH2]CCC)[O]C(=O)c1cc(-c2ccccc2)nc2ccccc12. The van der Waals surface area contributed by atoms with Crippen LogP contribution in [0.5, 0.6) is 0 Å². The molecule has 0 atom stereocenters. The molecule has 0 aliphatic rings. The zero-order chi connectivity index (χ0) is 22.8. The first-order valence-corrected chi connectivity index (χ1v) is 19.5. The van der Waals surface area contributed by atoms with E-state index in [0.717, 1.165) is 54.7 Å². The van der Waals surface area contributed by atoms with Crippen LogP contribution in [0, 0.1) is 0 Å². The summed E-state index contributed by atoms with van der Waals surface area (Å²) in [6, 6.07) is 20.0. The van der Waals surface area contributed by atoms with Gasteiger partial charge < -0.3 is 0 Å². The minimum absolute atomic E-state index is 0.125. The van der Waals surface area contributed by atoms with Gasteiger partial charge in [0, 0.05) is 0 Å². The van der Waals surface area contributed by atoms with E-state index in [1.165, 1.54) is 19.3 Å². The molecule has 0 spiro atoms. The predicted octanol–water partition coefficient (Wildman–Crippen LogP) is 8.40. The van der Waals surface area contributed by atoms with Gasteiger partial charge in [-0.2, -0.15) is 0 Å². The maximum absolute atomic E-state index is 13.7. The van der Waals surface area contributed by atoms with E-state index >= 15 is 0 Å². The first kappa shape index (κ1) is 24.8. The van der Waals surface area contributed by atoms with Gasteiger partial charge in [0.05, 0.1) is 0 Å². The molecule has 0 fully saturated rings. The molecule has 0 unspecified atom stereocenters. The second-order valence-electron chi connectivity index (χ2n) is 8.82. The molecule has 0 N–H and O–H groups in total. The molecule has 0 aliphatic carbocycles. The van der Waals surface area contributed by atoms with Gasteiger partial charge in [-0.25, -0.2) is 0 Å². The van der Waals surface area contributed by atoms with Crippen molar-refractivity contribution in [2.45, 2.75) is 72.6 Å². The van der Waals surface area contributed by atoms with Crippen molar-refractivity contribution >= 4 is 35.7 Å². The summed E-state index contributed by atoms with van der Waals surface area (Å²) < 4.78 is 10.1. The van der Waals surface area contributed by atoms with E-state index in [4.69, 9.17) is 8.06 Å². The van der Waals surface area contributed by atoms with Crippen molar-refractivity contribution in [3.05, 3.63) is 66.2 Å². The quantitative estimate of drug-likeness (QED) is 0.218. The number of para-hydroxylation sites is 1. The van der Waals surface area contributed by atoms with Crippen LogP contribution in [0.3, 0.4) is 0 Å². The zero-order valence-corrected chi connectivity index (χ0v) is 22.8. The molecule has 0 aliphatic heterocycles. The van der Waals surface area contributed by atoms with E-state index in [0.29, 0.717) is 5.56 Å². The van der Waals surface area contributed by atoms with Crippen LogP contribution < -0.4 is 0 Å². The Morgan fingerprint density at radius 2 is 1.38 bits per heavy atom. The molecule has 2 aromatic carbocycles. The first-order valence-electron chi connectivity index (χ1n) is 12.3. The van der Waals surface area contributed by atoms with Crippen molar-refractivity contribution in [3.8, 4) is 11.3 Å². The van der Waals surface area contributed by atoms with Crippen molar-refractivity contribution in [2.75, 3.05) is 0 Å². The number of hydrogen-bond acceptors (Lipinski definition) is 3. The molecule has 1 heterocycles. The maximum atomic E-state index is 13.7. The van der Waals surface area contributed by atoms with Crippen LogP contribution in [-0.2, 0) is 3.07 Å². The van der Waals surface area contributed by atoms with Gasteiger partial charge in [0.2, 0.25) is 0 Å². The Morgan fingerprint density at radius 3 is 1.97 bits per heavy atom. The van der Waals surface area contributed by atoms with Crippen LogP contribution in [0.15, 0.2) is 60.7 Å². The van der Waals surface area contributed by atoms with Gasteiger partial charge in [0.25, 0.3) is 0 Å². The normalized spacial score (nSPS) is 11.6. The van der Waals surface area contributed by atoms with E-state index in [9.17, 15) is 4.79 Å². The monoisotopic (exact) mass is 539 g/mol. The summed E-state index contributed by atoms with van der Waals surface area (Å²) in [7, 11) is 0. The molecule has 3 nitrogen and oxygen atoms in total. The molecular formula is C28H37NO2Sn. The summed E-state index contributed by atoms with van der Waals surface area (Å²) in [5, 5.41) is 0.888. The van der Waals surface area contributed by atoms with Gasteiger partial charge in [0.1, 0.15) is 0 Å². The number of nitrogens with zero attached hydrogens (tertiary/aromatic N) is 1. The molecule has 0 amide bonds. The van der Waals surface area contributed by atoms with Crippen LogP contribution in [0.25, 0.3) is 22.2 Å². The third-order valence-electron chi connectivity index (χ3n) is 6.27. The van der Waals surface area contributed by atoms with E-state index < -0.39 is 18.8 Å². The third-order valence-corrected chi connectivity index (χ3v) is 18.9. The van der Waals surface area contributed by atoms with E-state index in [1.807, 2.05) is 60.7 Å². The van der Waals surface area contributed by atoms with Gasteiger partial charge in [-0.05, 0) is 0 Å². The summed E-state index contributed by atoms with van der Waals surface area (Å²) >= 11 is -3.07. The van der Waals surface area contributed by atoms with Crippen molar-refractivity contribution in [1.82, 2.24) is 4.98 Å². The average Bonchev–Trinajstić information content (AvgIpc) is 2.84. The predicted molar refractivity (Wildman–Crippen MR) is 137 cm³/mol. The molecule has 1 aromatic heterocycles. The number of fused-ring (bicyclic) bond motifs is 1. The van der Waals surface area contributed by atoms with Crippen LogP contribution in [0.2, 0.25) is 13.3 Å². The summed E-state index contributed by atoms with van der Waals surface area (Å²) in [5.41, 5.74) is 3.36. The van der Waals surface area contributed by atoms with Crippen LogP contribution in [-0.4, -0.2) is 29.7 Å². The van der Waals surface area contributed by atoms with Gasteiger partial charge >= 0.3 is 199 Å². The number of carbonyl (C=O) groups excluding carboxylic acids is 1. The Labute approximate surface area is 198 Å². The van der Waals surface area contributed by atoms with Crippen molar-refractivity contribution in [2.24, 2.45) is 0 Å². The number of hydrogen-bond donors (Lipinski definition) is 0. The van der Waals surface area contributed by atoms with E-state index in [1.54, 1.807) is 0 Å². The molecule has 0 bridgehead atoms. The zero-order valence-electron chi connectivity index (χ0n) is 19.9. The number of aromatic nitrogens is 1. The van der Waals surface area contributed by atoms with Crippen molar-refractivity contribution in [3.63, 3.8) is 0 Å². The molecule has 0 saturated heterocycles. The number of pyridine rings is 1. The first-order chi connectivity index (χ1) is 15.6. The Morgan fingerprint density at radius 1 is 0.812 bits per heavy atom. The van der Waals surface area contributed by atoms with Crippen molar-refractivity contribution < 1.29 is 7.87 Å². The summed E-state index contributed by atoms with van der Waals surface area (Å²) in [6.45, 7) is 6.71. The fraction of sp³-hybridized carbons (Fsp3) is 0.429. The standard InChI is InChI=1S/C16H11NO2.3C4H9.Sn/c18-16(19)13-10-15(11-6-2-1-3-7-11)17-14-9-5-4-8-12(13)14;3*1-3-4-2;/h1-10H,(H,18,19);3*1,3-4H2,2H3;/q;;;;+1/p-1. The number of unbranched alkanes of at least 4 members (excludes halogenated alkanes) is 3. The van der Waals surface area contributed by atoms with Gasteiger partial charge in [-0.15, -0.1) is 0 Å². The fourth-order valence-corrected chi connectivity index (χ4v) is 17.4. The number of carbonyl (C=O) groups is 1. The Hall–Kier alpha value is -1.88. The molecule has 0 radical (unpaired) electrons. The van der Waals surface area contributed by atoms with Crippen LogP contribution in [0.4, 0.5) is 0 Å². The number of rotatable bonds is 12. The van der Waals surface area contributed by atoms with Crippen molar-refractivity contribution in [1.29, 1.82) is 0 Å². The summed E-state index contributed by atoms with van der Waals surface area (Å²) in [4.78, 5) is 18.6. The Kier molecular flexibility index (Phi) is 9.58. The molecule has 32 heavy (non-hydrogen) atoms. The molecule has 4 heteroatoms. The number of benzene rings is 2. The van der Waals surface area contributed by atoms with E-state index in [-0.39, 0.29) is 5.97 Å². The molecule has 0 saturated carbocycles. The van der Waals surface area contributed by atoms with Gasteiger partial charge in [-0.3, -0.25) is 0 Å². The van der Waals surface area contributed by atoms with E-state index in [2.05, 4.69) is 20.8 Å². The minimum atomic E-state index is -3.07. The Bertz CT molecular complexity index is 981. The second kappa shape index (κ2) is 12.4. The van der Waals surface area contributed by atoms with Gasteiger partial charge in [-0.1, -0.05) is 0 Å².